The van der Waals surface area contributed by atoms with Crippen LogP contribution in [-0.4, -0.2) is 22.4 Å². The van der Waals surface area contributed by atoms with Crippen LogP contribution in [0.5, 0.6) is 5.75 Å². The Morgan fingerprint density at radius 1 is 1.14 bits per heavy atom. The van der Waals surface area contributed by atoms with Crippen molar-refractivity contribution < 1.29 is 9.53 Å². The number of rotatable bonds is 8. The third-order valence-electron chi connectivity index (χ3n) is 4.34. The molecule has 0 spiro atoms. The highest BCUT2D eigenvalue weighted by atomic mass is 32.1. The van der Waals surface area contributed by atoms with E-state index in [2.05, 4.69) is 21.4 Å². The molecule has 0 aliphatic rings. The van der Waals surface area contributed by atoms with Crippen molar-refractivity contribution in [3.8, 4) is 5.75 Å². The normalized spacial score (nSPS) is 10.9. The molecule has 7 heteroatoms. The number of carbonyl (C=O) groups excluding carboxylic acids is 1. The lowest BCUT2D eigenvalue weighted by atomic mass is 10.2. The van der Waals surface area contributed by atoms with Crippen molar-refractivity contribution in [2.24, 2.45) is 0 Å². The average molecular weight is 424 g/mol. The third-order valence-corrected chi connectivity index (χ3v) is 6.26. The van der Waals surface area contributed by atoms with Crippen LogP contribution in [0.1, 0.15) is 32.5 Å². The number of amides is 1. The van der Waals surface area contributed by atoms with Crippen LogP contribution in [0, 0.1) is 6.92 Å². The molecule has 2 aromatic carbocycles. The van der Waals surface area contributed by atoms with Gasteiger partial charge in [-0.15, -0.1) is 22.7 Å². The van der Waals surface area contributed by atoms with Gasteiger partial charge in [0.2, 0.25) is 0 Å². The van der Waals surface area contributed by atoms with Gasteiger partial charge in [0.1, 0.15) is 12.4 Å². The van der Waals surface area contributed by atoms with E-state index in [1.807, 2.05) is 42.6 Å². The Balaban J connectivity index is 1.25. The van der Waals surface area contributed by atoms with Crippen molar-refractivity contribution in [2.75, 3.05) is 6.54 Å². The minimum absolute atomic E-state index is 0.0933. The second-order valence-corrected chi connectivity index (χ2v) is 8.79. The van der Waals surface area contributed by atoms with Crippen LogP contribution in [0.2, 0.25) is 0 Å². The Hall–Kier alpha value is -2.77. The first-order chi connectivity index (χ1) is 14.2. The lowest BCUT2D eigenvalue weighted by molar-refractivity contribution is 0.0952. The fourth-order valence-electron chi connectivity index (χ4n) is 2.93. The Kier molecular flexibility index (Phi) is 6.17. The molecule has 0 saturated heterocycles. The largest absolute Gasteiger partial charge is 0.487 e. The van der Waals surface area contributed by atoms with Crippen molar-refractivity contribution in [1.82, 2.24) is 15.3 Å². The Morgan fingerprint density at radius 2 is 2.03 bits per heavy atom. The summed E-state index contributed by atoms with van der Waals surface area (Å²) in [6, 6.07) is 15.4. The van der Waals surface area contributed by atoms with Crippen LogP contribution in [0.25, 0.3) is 10.2 Å². The van der Waals surface area contributed by atoms with Crippen LogP contribution < -0.4 is 10.1 Å². The highest BCUT2D eigenvalue weighted by molar-refractivity contribution is 7.18. The highest BCUT2D eigenvalue weighted by Gasteiger charge is 2.08. The Morgan fingerprint density at radius 3 is 2.86 bits per heavy atom. The van der Waals surface area contributed by atoms with Crippen molar-refractivity contribution >= 4 is 38.8 Å². The van der Waals surface area contributed by atoms with E-state index in [-0.39, 0.29) is 5.91 Å². The van der Waals surface area contributed by atoms with Gasteiger partial charge in [-0.05, 0) is 43.7 Å². The molecular weight excluding hydrogens is 402 g/mol. The molecule has 2 heterocycles. The molecule has 0 radical (unpaired) electrons. The van der Waals surface area contributed by atoms with E-state index >= 15 is 0 Å². The molecular formula is C22H21N3O2S2. The monoisotopic (exact) mass is 423 g/mol. The average Bonchev–Trinajstić information content (AvgIpc) is 3.35. The molecule has 0 aliphatic carbocycles. The van der Waals surface area contributed by atoms with Gasteiger partial charge in [0, 0.05) is 23.9 Å². The lowest BCUT2D eigenvalue weighted by Crippen LogP contribution is -2.24. The highest BCUT2D eigenvalue weighted by Crippen LogP contribution is 2.22. The number of hydrogen-bond donors (Lipinski definition) is 1. The maximum absolute atomic E-state index is 12.4. The molecule has 0 aliphatic heterocycles. The first-order valence-corrected chi connectivity index (χ1v) is 11.1. The van der Waals surface area contributed by atoms with Gasteiger partial charge in [0.05, 0.1) is 25.9 Å². The first kappa shape index (κ1) is 19.5. The van der Waals surface area contributed by atoms with Crippen molar-refractivity contribution in [3.05, 3.63) is 75.2 Å². The number of nitrogens with one attached hydrogen (secondary N) is 1. The molecule has 29 heavy (non-hydrogen) atoms. The summed E-state index contributed by atoms with van der Waals surface area (Å²) in [5.74, 6) is 0.571. The van der Waals surface area contributed by atoms with Gasteiger partial charge >= 0.3 is 0 Å². The second kappa shape index (κ2) is 9.15. The number of aryl methyl sites for hydroxylation is 2. The Labute approximate surface area is 177 Å². The number of ether oxygens (including phenoxy) is 1. The SMILES string of the molecule is Cc1nc(COc2cccc(C(=O)NCCCc3nc4ccccc4s3)c2)cs1. The summed E-state index contributed by atoms with van der Waals surface area (Å²) in [5.41, 5.74) is 2.54. The summed E-state index contributed by atoms with van der Waals surface area (Å²) in [5, 5.41) is 7.08. The van der Waals surface area contributed by atoms with Gasteiger partial charge in [-0.1, -0.05) is 18.2 Å². The number of para-hydroxylation sites is 1. The van der Waals surface area contributed by atoms with Gasteiger partial charge in [-0.3, -0.25) is 4.79 Å². The van der Waals surface area contributed by atoms with Gasteiger partial charge in [0.15, 0.2) is 0 Å². The first-order valence-electron chi connectivity index (χ1n) is 9.44. The zero-order valence-electron chi connectivity index (χ0n) is 16.1. The molecule has 5 nitrogen and oxygen atoms in total. The number of fused-ring (bicyclic) bond motifs is 1. The molecule has 0 fully saturated rings. The topological polar surface area (TPSA) is 64.1 Å². The number of benzene rings is 2. The van der Waals surface area contributed by atoms with Crippen LogP contribution in [0.4, 0.5) is 0 Å². The fraction of sp³-hybridized carbons (Fsp3) is 0.227. The number of carbonyl (C=O) groups is 1. The van der Waals surface area contributed by atoms with Crippen LogP contribution in [0.3, 0.4) is 0 Å². The molecule has 4 rings (SSSR count). The smallest absolute Gasteiger partial charge is 0.251 e. The van der Waals surface area contributed by atoms with E-state index in [4.69, 9.17) is 4.74 Å². The molecule has 0 bridgehead atoms. The summed E-state index contributed by atoms with van der Waals surface area (Å²) >= 11 is 3.31. The molecule has 0 unspecified atom stereocenters. The molecule has 1 amide bonds. The zero-order valence-corrected chi connectivity index (χ0v) is 17.7. The van der Waals surface area contributed by atoms with Crippen molar-refractivity contribution in [2.45, 2.75) is 26.4 Å². The molecule has 0 atom stereocenters. The summed E-state index contributed by atoms with van der Waals surface area (Å²) in [6.45, 7) is 2.98. The number of nitrogens with zero attached hydrogens (tertiary/aromatic N) is 2. The van der Waals surface area contributed by atoms with E-state index in [0.29, 0.717) is 24.5 Å². The van der Waals surface area contributed by atoms with Crippen LogP contribution in [0.15, 0.2) is 53.9 Å². The van der Waals surface area contributed by atoms with Gasteiger partial charge in [-0.25, -0.2) is 9.97 Å². The van der Waals surface area contributed by atoms with Crippen molar-refractivity contribution in [3.63, 3.8) is 0 Å². The van der Waals surface area contributed by atoms with E-state index < -0.39 is 0 Å². The van der Waals surface area contributed by atoms with E-state index in [1.54, 1.807) is 34.8 Å². The summed E-state index contributed by atoms with van der Waals surface area (Å²) in [4.78, 5) is 21.4. The maximum atomic E-state index is 12.4. The predicted molar refractivity (Wildman–Crippen MR) is 118 cm³/mol. The van der Waals surface area contributed by atoms with E-state index in [1.165, 1.54) is 4.70 Å². The number of thiazole rings is 2. The second-order valence-electron chi connectivity index (χ2n) is 6.61. The van der Waals surface area contributed by atoms with E-state index in [0.717, 1.165) is 34.1 Å². The third kappa shape index (κ3) is 5.19. The van der Waals surface area contributed by atoms with Gasteiger partial charge in [-0.2, -0.15) is 0 Å². The standard InChI is InChI=1S/C22H21N3O2S2/c1-15-24-17(14-28-15)13-27-18-7-4-6-16(12-18)22(26)23-11-5-10-21-25-19-8-2-3-9-20(19)29-21/h2-4,6-9,12,14H,5,10-11,13H2,1H3,(H,23,26). The molecule has 1 N–H and O–H groups in total. The number of hydrogen-bond acceptors (Lipinski definition) is 6. The fourth-order valence-corrected chi connectivity index (χ4v) is 4.54. The van der Waals surface area contributed by atoms with Crippen molar-refractivity contribution in [1.29, 1.82) is 0 Å². The summed E-state index contributed by atoms with van der Waals surface area (Å²) in [7, 11) is 0. The zero-order chi connectivity index (χ0) is 20.1. The molecule has 0 saturated carbocycles. The number of aromatic nitrogens is 2. The molecule has 148 valence electrons. The van der Waals surface area contributed by atoms with Gasteiger partial charge < -0.3 is 10.1 Å². The minimum atomic E-state index is -0.0933. The van der Waals surface area contributed by atoms with Gasteiger partial charge in [0.25, 0.3) is 5.91 Å². The summed E-state index contributed by atoms with van der Waals surface area (Å²) in [6.07, 6.45) is 1.71. The minimum Gasteiger partial charge on any atom is -0.487 e. The molecule has 2 aromatic heterocycles. The summed E-state index contributed by atoms with van der Waals surface area (Å²) < 4.78 is 6.97. The van der Waals surface area contributed by atoms with E-state index in [9.17, 15) is 4.79 Å². The van der Waals surface area contributed by atoms with Crippen LogP contribution >= 0.6 is 22.7 Å². The Bertz CT molecular complexity index is 1090. The maximum Gasteiger partial charge on any atom is 0.251 e. The molecule has 4 aromatic rings. The van der Waals surface area contributed by atoms with Crippen LogP contribution in [-0.2, 0) is 13.0 Å². The quantitative estimate of drug-likeness (QED) is 0.405. The predicted octanol–water partition coefficient (Wildman–Crippen LogP) is 5.00. The lowest BCUT2D eigenvalue weighted by Gasteiger charge is -2.08.